The number of benzene rings is 1. The van der Waals surface area contributed by atoms with Gasteiger partial charge in [-0.25, -0.2) is 4.98 Å². The van der Waals surface area contributed by atoms with Crippen molar-refractivity contribution in [3.8, 4) is 0 Å². The van der Waals surface area contributed by atoms with Crippen LogP contribution in [0, 0.1) is 5.41 Å². The van der Waals surface area contributed by atoms with Crippen LogP contribution in [0.1, 0.15) is 55.8 Å². The second kappa shape index (κ2) is 7.28. The molecule has 1 aliphatic heterocycles. The number of carbonyl (C=O) groups excluding carboxylic acids is 1. The smallest absolute Gasteiger partial charge is 0.338 e. The molecule has 3 heterocycles. The highest BCUT2D eigenvalue weighted by atomic mass is 19.4. The molecule has 176 valence electrons. The highest BCUT2D eigenvalue weighted by Crippen LogP contribution is 2.58. The molecule has 10 heteroatoms. The number of alkyl halides is 3. The maximum absolute atomic E-state index is 14.1. The predicted octanol–water partition coefficient (Wildman–Crippen LogP) is 5.37. The van der Waals surface area contributed by atoms with E-state index in [4.69, 9.17) is 4.52 Å². The van der Waals surface area contributed by atoms with Gasteiger partial charge in [0.25, 0.3) is 5.82 Å². The van der Waals surface area contributed by atoms with Gasteiger partial charge in [0.05, 0.1) is 17.9 Å². The van der Waals surface area contributed by atoms with Crippen LogP contribution in [0.15, 0.2) is 47.1 Å². The molecule has 3 aromatic rings. The summed E-state index contributed by atoms with van der Waals surface area (Å²) in [5.74, 6) is -0.416. The number of halogens is 3. The van der Waals surface area contributed by atoms with Crippen molar-refractivity contribution in [3.63, 3.8) is 0 Å². The molecule has 0 spiro atoms. The lowest BCUT2D eigenvalue weighted by molar-refractivity contribution is -0.146. The van der Waals surface area contributed by atoms with Gasteiger partial charge in [-0.3, -0.25) is 4.79 Å². The zero-order chi connectivity index (χ0) is 23.6. The Morgan fingerprint density at radius 1 is 1.03 bits per heavy atom. The third-order valence-corrected chi connectivity index (χ3v) is 7.75. The van der Waals surface area contributed by atoms with Gasteiger partial charge in [0.2, 0.25) is 11.8 Å². The number of nitrogens with one attached hydrogen (secondary N) is 1. The Morgan fingerprint density at radius 2 is 1.76 bits per heavy atom. The quantitative estimate of drug-likeness (QED) is 0.544. The summed E-state index contributed by atoms with van der Waals surface area (Å²) in [7, 11) is 0. The first-order chi connectivity index (χ1) is 16.3. The largest absolute Gasteiger partial charge is 0.455 e. The van der Waals surface area contributed by atoms with Crippen molar-refractivity contribution in [1.29, 1.82) is 0 Å². The lowest BCUT2D eigenvalue weighted by Gasteiger charge is -2.51. The van der Waals surface area contributed by atoms with E-state index in [1.165, 1.54) is 0 Å². The zero-order valence-corrected chi connectivity index (χ0v) is 18.2. The minimum absolute atomic E-state index is 0.0462. The molecule has 0 atom stereocenters. The van der Waals surface area contributed by atoms with Gasteiger partial charge in [0.15, 0.2) is 0 Å². The molecule has 34 heavy (non-hydrogen) atoms. The van der Waals surface area contributed by atoms with E-state index >= 15 is 0 Å². The maximum atomic E-state index is 14.1. The Hall–Kier alpha value is -3.43. The number of fused-ring (bicyclic) bond motifs is 5. The lowest BCUT2D eigenvalue weighted by Crippen LogP contribution is -2.53. The van der Waals surface area contributed by atoms with E-state index in [-0.39, 0.29) is 11.8 Å². The van der Waals surface area contributed by atoms with Gasteiger partial charge in [-0.2, -0.15) is 18.2 Å². The average Bonchev–Trinajstić information content (AvgIpc) is 3.31. The first kappa shape index (κ1) is 21.1. The van der Waals surface area contributed by atoms with E-state index in [0.29, 0.717) is 45.1 Å². The summed E-state index contributed by atoms with van der Waals surface area (Å²) in [5, 5.41) is 6.51. The van der Waals surface area contributed by atoms with Crippen LogP contribution >= 0.6 is 0 Å². The van der Waals surface area contributed by atoms with Crippen LogP contribution in [0.2, 0.25) is 0 Å². The summed E-state index contributed by atoms with van der Waals surface area (Å²) in [4.78, 5) is 24.1. The van der Waals surface area contributed by atoms with Crippen LogP contribution in [0.5, 0.6) is 0 Å². The lowest BCUT2D eigenvalue weighted by atomic mass is 9.53. The van der Waals surface area contributed by atoms with Crippen LogP contribution in [0.25, 0.3) is 0 Å². The minimum atomic E-state index is -4.64. The molecule has 3 fully saturated rings. The molecule has 1 amide bonds. The fourth-order valence-corrected chi connectivity index (χ4v) is 5.73. The predicted molar refractivity (Wildman–Crippen MR) is 116 cm³/mol. The topological polar surface area (TPSA) is 84.2 Å². The highest BCUT2D eigenvalue weighted by molar-refractivity contribution is 6.01. The monoisotopic (exact) mass is 469 g/mol. The Morgan fingerprint density at radius 3 is 2.47 bits per heavy atom. The molecule has 3 saturated carbocycles. The molecule has 1 aromatic carbocycles. The standard InChI is InChI=1S/C24H22F3N5O2/c25-24(26,27)19-30-20(34-31-19)22-7-10-23(11-8-22,12-9-22)21(33)32-14-15-4-3-13-28-18(15)29-16-5-1-2-6-17(16)32/h1-6,13H,7-12,14H2,(H,28,29). The van der Waals surface area contributed by atoms with Gasteiger partial charge < -0.3 is 14.7 Å². The second-order valence-corrected chi connectivity index (χ2v) is 9.53. The fourth-order valence-electron chi connectivity index (χ4n) is 5.73. The Balaban J connectivity index is 1.29. The number of rotatable bonds is 2. The molecule has 7 nitrogen and oxygen atoms in total. The molecule has 7 rings (SSSR count). The van der Waals surface area contributed by atoms with Crippen molar-refractivity contribution in [2.45, 2.75) is 56.7 Å². The summed E-state index contributed by atoms with van der Waals surface area (Å²) < 4.78 is 44.1. The molecule has 4 aliphatic rings. The average molecular weight is 469 g/mol. The van der Waals surface area contributed by atoms with E-state index in [1.807, 2.05) is 41.3 Å². The van der Waals surface area contributed by atoms with Gasteiger partial charge in [-0.15, -0.1) is 0 Å². The summed E-state index contributed by atoms with van der Waals surface area (Å²) >= 11 is 0. The molecule has 0 unspecified atom stereocenters. The van der Waals surface area contributed by atoms with Crippen molar-refractivity contribution in [3.05, 3.63) is 59.9 Å². The molecule has 0 saturated heterocycles. The number of anilines is 3. The summed E-state index contributed by atoms with van der Waals surface area (Å²) in [6.07, 6.45) is 0.429. The number of para-hydroxylation sites is 2. The number of carbonyl (C=O) groups is 1. The number of hydrogen-bond acceptors (Lipinski definition) is 6. The normalized spacial score (nSPS) is 25.8. The number of amides is 1. The first-order valence-electron chi connectivity index (χ1n) is 11.3. The third-order valence-electron chi connectivity index (χ3n) is 7.75. The van der Waals surface area contributed by atoms with E-state index in [0.717, 1.165) is 22.8 Å². The van der Waals surface area contributed by atoms with Crippen molar-refractivity contribution < 1.29 is 22.5 Å². The maximum Gasteiger partial charge on any atom is 0.455 e. The first-order valence-corrected chi connectivity index (χ1v) is 11.3. The minimum Gasteiger partial charge on any atom is -0.338 e. The van der Waals surface area contributed by atoms with Gasteiger partial charge >= 0.3 is 6.18 Å². The Labute approximate surface area is 193 Å². The van der Waals surface area contributed by atoms with Crippen LogP contribution in [-0.2, 0) is 22.9 Å². The second-order valence-electron chi connectivity index (χ2n) is 9.53. The molecule has 1 N–H and O–H groups in total. The van der Waals surface area contributed by atoms with Crippen molar-refractivity contribution in [1.82, 2.24) is 15.1 Å². The third kappa shape index (κ3) is 3.19. The van der Waals surface area contributed by atoms with Gasteiger partial charge in [-0.05, 0) is 56.7 Å². The summed E-state index contributed by atoms with van der Waals surface area (Å²) in [6.45, 7) is 0.400. The fraction of sp³-hybridized carbons (Fsp3) is 0.417. The molecule has 2 bridgehead atoms. The van der Waals surface area contributed by atoms with E-state index in [2.05, 4.69) is 20.4 Å². The van der Waals surface area contributed by atoms with Crippen molar-refractivity contribution in [2.75, 3.05) is 10.2 Å². The van der Waals surface area contributed by atoms with Gasteiger partial charge in [-0.1, -0.05) is 23.4 Å². The number of hydrogen-bond donors (Lipinski definition) is 1. The number of aromatic nitrogens is 3. The van der Waals surface area contributed by atoms with Gasteiger partial charge in [0.1, 0.15) is 5.82 Å². The summed E-state index contributed by atoms with van der Waals surface area (Å²) in [5.41, 5.74) is 1.39. The number of pyridine rings is 1. The number of nitrogens with zero attached hydrogens (tertiary/aromatic N) is 4. The highest BCUT2D eigenvalue weighted by Gasteiger charge is 2.57. The SMILES string of the molecule is O=C(N1Cc2cccnc2Nc2ccccc21)C12CCC(c3nc(C(F)(F)F)no3)(CC1)CC2. The Kier molecular flexibility index (Phi) is 4.53. The molecule has 0 radical (unpaired) electrons. The molecular weight excluding hydrogens is 447 g/mol. The van der Waals surface area contributed by atoms with Crippen LogP contribution in [-0.4, -0.2) is 21.0 Å². The van der Waals surface area contributed by atoms with E-state index < -0.39 is 22.8 Å². The summed E-state index contributed by atoms with van der Waals surface area (Å²) in [6, 6.07) is 11.5. The molecular formula is C24H22F3N5O2. The van der Waals surface area contributed by atoms with Crippen LogP contribution in [0.3, 0.4) is 0 Å². The van der Waals surface area contributed by atoms with Crippen molar-refractivity contribution >= 4 is 23.1 Å². The molecule has 3 aliphatic carbocycles. The van der Waals surface area contributed by atoms with Crippen LogP contribution in [0.4, 0.5) is 30.4 Å². The van der Waals surface area contributed by atoms with E-state index in [9.17, 15) is 18.0 Å². The van der Waals surface area contributed by atoms with E-state index in [1.54, 1.807) is 6.20 Å². The Bertz CT molecular complexity index is 1250. The van der Waals surface area contributed by atoms with Crippen molar-refractivity contribution in [2.24, 2.45) is 5.41 Å². The zero-order valence-electron chi connectivity index (χ0n) is 18.2. The van der Waals surface area contributed by atoms with Crippen LogP contribution < -0.4 is 10.2 Å². The molecule has 2 aromatic heterocycles. The van der Waals surface area contributed by atoms with Gasteiger partial charge in [0, 0.05) is 22.6 Å².